The number of H-pyrrole nitrogens is 1. The van der Waals surface area contributed by atoms with Crippen molar-refractivity contribution in [3.63, 3.8) is 0 Å². The number of carbonyl (C=O) groups is 3. The van der Waals surface area contributed by atoms with Crippen molar-refractivity contribution in [3.8, 4) is 0 Å². The van der Waals surface area contributed by atoms with Gasteiger partial charge >= 0.3 is 11.8 Å². The fourth-order valence-electron chi connectivity index (χ4n) is 1.50. The highest BCUT2D eigenvalue weighted by molar-refractivity contribution is 6.43. The zero-order chi connectivity index (χ0) is 15.2. The Morgan fingerprint density at radius 1 is 1.05 bits per heavy atom. The maximum atomic E-state index is 11.7. The molecule has 0 saturated heterocycles. The first-order valence-electron chi connectivity index (χ1n) is 5.90. The van der Waals surface area contributed by atoms with Gasteiger partial charge in [-0.1, -0.05) is 6.07 Å². The van der Waals surface area contributed by atoms with E-state index in [1.165, 1.54) is 19.3 Å². The van der Waals surface area contributed by atoms with Crippen molar-refractivity contribution >= 4 is 35.0 Å². The Hall–Kier alpha value is -3.23. The average molecular weight is 288 g/mol. The lowest BCUT2D eigenvalue weighted by molar-refractivity contribution is -0.133. The van der Waals surface area contributed by atoms with Gasteiger partial charge in [-0.2, -0.15) is 10.1 Å². The molecule has 1 heterocycles. The quantitative estimate of drug-likeness (QED) is 0.605. The van der Waals surface area contributed by atoms with Crippen molar-refractivity contribution in [3.05, 3.63) is 30.6 Å². The van der Waals surface area contributed by atoms with Crippen LogP contribution in [0.4, 0.5) is 17.3 Å². The highest BCUT2D eigenvalue weighted by atomic mass is 16.2. The highest BCUT2D eigenvalue weighted by Crippen LogP contribution is 2.15. The summed E-state index contributed by atoms with van der Waals surface area (Å²) in [5, 5.41) is 13.1. The monoisotopic (exact) mass is 288 g/mol. The summed E-state index contributed by atoms with van der Waals surface area (Å²) in [6.45, 7) is 1.37. The number of nitrogens with zero attached hydrogens (tertiary/aromatic N) is 2. The minimum Gasteiger partial charge on any atom is -0.326 e. The zero-order valence-corrected chi connectivity index (χ0v) is 11.0. The number of rotatable bonds is 3. The predicted molar refractivity (Wildman–Crippen MR) is 74.4 cm³/mol. The van der Waals surface area contributed by atoms with Crippen LogP contribution in [0.5, 0.6) is 0 Å². The van der Waals surface area contributed by atoms with Crippen molar-refractivity contribution < 1.29 is 14.4 Å². The Morgan fingerprint density at radius 3 is 2.33 bits per heavy atom. The molecule has 1 aromatic carbocycles. The second kappa shape index (κ2) is 6.28. The summed E-state index contributed by atoms with van der Waals surface area (Å²) >= 11 is 0. The van der Waals surface area contributed by atoms with Crippen LogP contribution >= 0.6 is 0 Å². The molecule has 0 spiro atoms. The van der Waals surface area contributed by atoms with E-state index in [1.54, 1.807) is 18.2 Å². The van der Waals surface area contributed by atoms with Crippen LogP contribution in [-0.4, -0.2) is 32.9 Å². The molecule has 0 aliphatic heterocycles. The molecule has 0 atom stereocenters. The summed E-state index contributed by atoms with van der Waals surface area (Å²) in [6, 6.07) is 6.41. The van der Waals surface area contributed by atoms with Crippen molar-refractivity contribution in [1.29, 1.82) is 0 Å². The van der Waals surface area contributed by atoms with Crippen molar-refractivity contribution in [2.75, 3.05) is 16.0 Å². The van der Waals surface area contributed by atoms with E-state index >= 15 is 0 Å². The molecule has 108 valence electrons. The third-order valence-electron chi connectivity index (χ3n) is 2.29. The van der Waals surface area contributed by atoms with E-state index in [4.69, 9.17) is 0 Å². The summed E-state index contributed by atoms with van der Waals surface area (Å²) in [4.78, 5) is 37.9. The lowest BCUT2D eigenvalue weighted by Crippen LogP contribution is -2.29. The van der Waals surface area contributed by atoms with E-state index < -0.39 is 11.8 Å². The van der Waals surface area contributed by atoms with Crippen LogP contribution in [0, 0.1) is 0 Å². The molecule has 0 unspecified atom stereocenters. The van der Waals surface area contributed by atoms with Gasteiger partial charge in [0.15, 0.2) is 0 Å². The smallest absolute Gasteiger partial charge is 0.316 e. The molecule has 0 aliphatic carbocycles. The maximum Gasteiger partial charge on any atom is 0.316 e. The Morgan fingerprint density at radius 2 is 1.71 bits per heavy atom. The van der Waals surface area contributed by atoms with Gasteiger partial charge in [0.1, 0.15) is 6.33 Å². The van der Waals surface area contributed by atoms with Gasteiger partial charge in [0, 0.05) is 18.3 Å². The molecule has 2 rings (SSSR count). The first kappa shape index (κ1) is 14.2. The van der Waals surface area contributed by atoms with Gasteiger partial charge in [-0.15, -0.1) is 0 Å². The Kier molecular flexibility index (Phi) is 4.24. The number of aromatic amines is 1. The van der Waals surface area contributed by atoms with Crippen LogP contribution in [0.1, 0.15) is 6.92 Å². The van der Waals surface area contributed by atoms with E-state index in [1.807, 2.05) is 0 Å². The van der Waals surface area contributed by atoms with Crippen LogP contribution in [0.25, 0.3) is 0 Å². The predicted octanol–water partition coefficient (Wildman–Crippen LogP) is 0.340. The van der Waals surface area contributed by atoms with Crippen molar-refractivity contribution in [1.82, 2.24) is 15.2 Å². The molecule has 2 aromatic rings. The molecule has 21 heavy (non-hydrogen) atoms. The number of nitrogens with one attached hydrogen (secondary N) is 4. The normalized spacial score (nSPS) is 9.76. The van der Waals surface area contributed by atoms with Crippen LogP contribution in [0.2, 0.25) is 0 Å². The second-order valence-corrected chi connectivity index (χ2v) is 4.00. The van der Waals surface area contributed by atoms with Gasteiger partial charge in [-0.3, -0.25) is 19.7 Å². The summed E-state index contributed by atoms with van der Waals surface area (Å²) in [5.41, 5.74) is 0.884. The molecule has 0 saturated carbocycles. The number of amides is 3. The molecule has 0 radical (unpaired) electrons. The van der Waals surface area contributed by atoms with Gasteiger partial charge in [-0.05, 0) is 18.2 Å². The van der Waals surface area contributed by atoms with Crippen molar-refractivity contribution in [2.24, 2.45) is 0 Å². The van der Waals surface area contributed by atoms with Crippen LogP contribution in [0.15, 0.2) is 30.6 Å². The molecule has 9 nitrogen and oxygen atoms in total. The topological polar surface area (TPSA) is 129 Å². The van der Waals surface area contributed by atoms with E-state index in [9.17, 15) is 14.4 Å². The molecule has 0 fully saturated rings. The Balaban J connectivity index is 1.98. The minimum absolute atomic E-state index is 0.0714. The molecule has 3 amide bonds. The number of hydrogen-bond acceptors (Lipinski definition) is 5. The lowest BCUT2D eigenvalue weighted by atomic mass is 10.2. The number of hydrogen-bond donors (Lipinski definition) is 4. The van der Waals surface area contributed by atoms with Crippen LogP contribution < -0.4 is 16.0 Å². The van der Waals surface area contributed by atoms with Crippen molar-refractivity contribution in [2.45, 2.75) is 6.92 Å². The van der Waals surface area contributed by atoms with E-state index in [0.717, 1.165) is 0 Å². The molecular weight excluding hydrogens is 276 g/mol. The van der Waals surface area contributed by atoms with Gasteiger partial charge in [-0.25, -0.2) is 5.10 Å². The maximum absolute atomic E-state index is 11.7. The fraction of sp³-hybridized carbons (Fsp3) is 0.0833. The fourth-order valence-corrected chi connectivity index (χ4v) is 1.50. The number of carbonyl (C=O) groups excluding carboxylic acids is 3. The average Bonchev–Trinajstić information content (AvgIpc) is 2.91. The van der Waals surface area contributed by atoms with Gasteiger partial charge in [0.05, 0.1) is 0 Å². The van der Waals surface area contributed by atoms with E-state index in [-0.39, 0.29) is 11.9 Å². The zero-order valence-electron chi connectivity index (χ0n) is 11.0. The van der Waals surface area contributed by atoms with Gasteiger partial charge in [0.25, 0.3) is 0 Å². The summed E-state index contributed by atoms with van der Waals surface area (Å²) in [6.07, 6.45) is 1.20. The largest absolute Gasteiger partial charge is 0.326 e. The Labute approximate surface area is 119 Å². The molecule has 0 bridgehead atoms. The van der Waals surface area contributed by atoms with Gasteiger partial charge in [0.2, 0.25) is 11.9 Å². The standard InChI is InChI=1S/C12H12N6O3/c1-7(19)15-8-3-2-4-9(5-8)16-10(20)11(21)17-12-13-6-14-18-12/h2-6H,1H3,(H,15,19)(H,16,20)(H2,13,14,17,18,21). The molecule has 4 N–H and O–H groups in total. The molecule has 0 aliphatic rings. The third kappa shape index (κ3) is 4.13. The van der Waals surface area contributed by atoms with E-state index in [0.29, 0.717) is 11.4 Å². The number of benzene rings is 1. The summed E-state index contributed by atoms with van der Waals surface area (Å²) in [7, 11) is 0. The third-order valence-corrected chi connectivity index (χ3v) is 2.29. The summed E-state index contributed by atoms with van der Waals surface area (Å²) in [5.74, 6) is -1.92. The number of aromatic nitrogens is 3. The summed E-state index contributed by atoms with van der Waals surface area (Å²) < 4.78 is 0. The lowest BCUT2D eigenvalue weighted by Gasteiger charge is -2.07. The molecular formula is C12H12N6O3. The van der Waals surface area contributed by atoms with Gasteiger partial charge < -0.3 is 10.6 Å². The van der Waals surface area contributed by atoms with Crippen LogP contribution in [0.3, 0.4) is 0 Å². The second-order valence-electron chi connectivity index (χ2n) is 4.00. The first-order valence-corrected chi connectivity index (χ1v) is 5.90. The number of anilines is 3. The Bertz CT molecular complexity index is 667. The minimum atomic E-state index is -0.892. The SMILES string of the molecule is CC(=O)Nc1cccc(NC(=O)C(=O)Nc2ncn[nH]2)c1. The van der Waals surface area contributed by atoms with Crippen LogP contribution in [-0.2, 0) is 14.4 Å². The highest BCUT2D eigenvalue weighted by Gasteiger charge is 2.15. The van der Waals surface area contributed by atoms with E-state index in [2.05, 4.69) is 31.1 Å². The molecule has 9 heteroatoms. The first-order chi connectivity index (χ1) is 10.0. The molecule has 1 aromatic heterocycles.